The summed E-state index contributed by atoms with van der Waals surface area (Å²) < 4.78 is 16.6. The first-order valence-electron chi connectivity index (χ1n) is 8.07. The van der Waals surface area contributed by atoms with Crippen LogP contribution in [0.5, 0.6) is 17.2 Å². The number of methoxy groups -OCH3 is 1. The fourth-order valence-electron chi connectivity index (χ4n) is 2.90. The van der Waals surface area contributed by atoms with E-state index in [0.717, 1.165) is 17.9 Å². The number of ether oxygens (including phenoxy) is 3. The Labute approximate surface area is 137 Å². The molecule has 0 aliphatic heterocycles. The molecule has 0 saturated carbocycles. The van der Waals surface area contributed by atoms with Crippen molar-refractivity contribution in [1.29, 1.82) is 0 Å². The standard InChI is InChI=1S/C19H23NO3/c1-21-16-8-9-19(18(20)13-16)23-11-10-22-17-7-6-14-4-2-3-5-15(14)12-17/h6-9,12-13H,2-5,10-11,20H2,1H3. The van der Waals surface area contributed by atoms with Crippen LogP contribution in [0.4, 0.5) is 5.69 Å². The highest BCUT2D eigenvalue weighted by molar-refractivity contribution is 5.56. The van der Waals surface area contributed by atoms with Crippen LogP contribution in [0, 0.1) is 0 Å². The van der Waals surface area contributed by atoms with Crippen LogP contribution in [0.2, 0.25) is 0 Å². The molecule has 0 fully saturated rings. The number of nitrogens with two attached hydrogens (primary N) is 1. The van der Waals surface area contributed by atoms with Crippen LogP contribution >= 0.6 is 0 Å². The summed E-state index contributed by atoms with van der Waals surface area (Å²) in [7, 11) is 1.61. The molecular weight excluding hydrogens is 290 g/mol. The van der Waals surface area contributed by atoms with Crippen LogP contribution in [0.3, 0.4) is 0 Å². The van der Waals surface area contributed by atoms with Crippen molar-refractivity contribution in [2.45, 2.75) is 25.7 Å². The van der Waals surface area contributed by atoms with E-state index in [1.807, 2.05) is 18.2 Å². The maximum absolute atomic E-state index is 5.92. The normalized spacial score (nSPS) is 13.3. The van der Waals surface area contributed by atoms with E-state index in [9.17, 15) is 0 Å². The summed E-state index contributed by atoms with van der Waals surface area (Å²) >= 11 is 0. The third-order valence-electron chi connectivity index (χ3n) is 4.15. The fourth-order valence-corrected chi connectivity index (χ4v) is 2.90. The average molecular weight is 313 g/mol. The van der Waals surface area contributed by atoms with E-state index in [4.69, 9.17) is 19.9 Å². The van der Waals surface area contributed by atoms with Crippen molar-refractivity contribution < 1.29 is 14.2 Å². The van der Waals surface area contributed by atoms with Gasteiger partial charge >= 0.3 is 0 Å². The van der Waals surface area contributed by atoms with Gasteiger partial charge in [0, 0.05) is 6.07 Å². The first kappa shape index (κ1) is 15.5. The predicted molar refractivity (Wildman–Crippen MR) is 91.5 cm³/mol. The third kappa shape index (κ3) is 3.89. The smallest absolute Gasteiger partial charge is 0.142 e. The topological polar surface area (TPSA) is 53.7 Å². The summed E-state index contributed by atoms with van der Waals surface area (Å²) in [5, 5.41) is 0. The summed E-state index contributed by atoms with van der Waals surface area (Å²) in [6, 6.07) is 11.8. The minimum Gasteiger partial charge on any atom is -0.497 e. The van der Waals surface area contributed by atoms with Crippen molar-refractivity contribution in [3.05, 3.63) is 47.5 Å². The second kappa shape index (κ2) is 7.27. The van der Waals surface area contributed by atoms with Crippen LogP contribution < -0.4 is 19.9 Å². The predicted octanol–water partition coefficient (Wildman–Crippen LogP) is 3.61. The number of benzene rings is 2. The van der Waals surface area contributed by atoms with Gasteiger partial charge < -0.3 is 19.9 Å². The van der Waals surface area contributed by atoms with E-state index in [1.54, 1.807) is 13.2 Å². The van der Waals surface area contributed by atoms with Crippen molar-refractivity contribution in [1.82, 2.24) is 0 Å². The Balaban J connectivity index is 1.50. The Kier molecular flexibility index (Phi) is 4.91. The summed E-state index contributed by atoms with van der Waals surface area (Å²) in [6.45, 7) is 0.942. The molecule has 4 nitrogen and oxygen atoms in total. The lowest BCUT2D eigenvalue weighted by atomic mass is 9.92. The molecule has 122 valence electrons. The van der Waals surface area contributed by atoms with Gasteiger partial charge in [0.25, 0.3) is 0 Å². The van der Waals surface area contributed by atoms with Gasteiger partial charge in [0.2, 0.25) is 0 Å². The molecule has 23 heavy (non-hydrogen) atoms. The van der Waals surface area contributed by atoms with Gasteiger partial charge in [0.1, 0.15) is 30.5 Å². The van der Waals surface area contributed by atoms with Gasteiger partial charge in [-0.15, -0.1) is 0 Å². The molecule has 0 amide bonds. The van der Waals surface area contributed by atoms with Gasteiger partial charge in [-0.3, -0.25) is 0 Å². The quantitative estimate of drug-likeness (QED) is 0.654. The minimum atomic E-state index is 0.452. The Morgan fingerprint density at radius 3 is 2.39 bits per heavy atom. The van der Waals surface area contributed by atoms with E-state index in [1.165, 1.54) is 30.4 Å². The minimum absolute atomic E-state index is 0.452. The average Bonchev–Trinajstić information content (AvgIpc) is 2.59. The molecule has 2 aromatic carbocycles. The fraction of sp³-hybridized carbons (Fsp3) is 0.368. The van der Waals surface area contributed by atoms with Gasteiger partial charge in [0.05, 0.1) is 12.8 Å². The van der Waals surface area contributed by atoms with Crippen molar-refractivity contribution in [3.63, 3.8) is 0 Å². The number of anilines is 1. The summed E-state index contributed by atoms with van der Waals surface area (Å²) in [4.78, 5) is 0. The van der Waals surface area contributed by atoms with Gasteiger partial charge in [-0.1, -0.05) is 6.07 Å². The maximum Gasteiger partial charge on any atom is 0.142 e. The lowest BCUT2D eigenvalue weighted by Gasteiger charge is -2.17. The Morgan fingerprint density at radius 1 is 0.870 bits per heavy atom. The Morgan fingerprint density at radius 2 is 1.61 bits per heavy atom. The van der Waals surface area contributed by atoms with Crippen molar-refractivity contribution in [3.8, 4) is 17.2 Å². The van der Waals surface area contributed by atoms with E-state index < -0.39 is 0 Å². The molecule has 0 bridgehead atoms. The molecular formula is C19H23NO3. The molecule has 0 radical (unpaired) electrons. The highest BCUT2D eigenvalue weighted by atomic mass is 16.5. The molecule has 0 spiro atoms. The van der Waals surface area contributed by atoms with Crippen LogP contribution in [-0.4, -0.2) is 20.3 Å². The largest absolute Gasteiger partial charge is 0.497 e. The molecule has 3 rings (SSSR count). The van der Waals surface area contributed by atoms with Crippen molar-refractivity contribution in [2.24, 2.45) is 0 Å². The molecule has 0 aromatic heterocycles. The second-order valence-electron chi connectivity index (χ2n) is 5.74. The SMILES string of the molecule is COc1ccc(OCCOc2ccc3c(c2)CCCC3)c(N)c1. The van der Waals surface area contributed by atoms with Gasteiger partial charge in [-0.2, -0.15) is 0 Å². The number of rotatable bonds is 6. The number of aryl methyl sites for hydroxylation is 2. The molecule has 0 heterocycles. The molecule has 0 atom stereocenters. The number of fused-ring (bicyclic) bond motifs is 1. The first-order valence-corrected chi connectivity index (χ1v) is 8.07. The molecule has 2 aromatic rings. The summed E-state index contributed by atoms with van der Waals surface area (Å²) in [5.74, 6) is 2.29. The Hall–Kier alpha value is -2.36. The van der Waals surface area contributed by atoms with E-state index in [0.29, 0.717) is 24.7 Å². The number of hydrogen-bond acceptors (Lipinski definition) is 4. The zero-order valence-corrected chi connectivity index (χ0v) is 13.5. The van der Waals surface area contributed by atoms with E-state index in [2.05, 4.69) is 12.1 Å². The van der Waals surface area contributed by atoms with Gasteiger partial charge in [-0.25, -0.2) is 0 Å². The third-order valence-corrected chi connectivity index (χ3v) is 4.15. The second-order valence-corrected chi connectivity index (χ2v) is 5.74. The van der Waals surface area contributed by atoms with Crippen LogP contribution in [0.25, 0.3) is 0 Å². The first-order chi connectivity index (χ1) is 11.3. The molecule has 1 aliphatic rings. The van der Waals surface area contributed by atoms with Crippen LogP contribution in [0.1, 0.15) is 24.0 Å². The van der Waals surface area contributed by atoms with Gasteiger partial charge in [0.15, 0.2) is 0 Å². The van der Waals surface area contributed by atoms with Crippen molar-refractivity contribution >= 4 is 5.69 Å². The number of nitrogen functional groups attached to an aromatic ring is 1. The number of hydrogen-bond donors (Lipinski definition) is 1. The Bertz CT molecular complexity index is 670. The maximum atomic E-state index is 5.92. The zero-order chi connectivity index (χ0) is 16.1. The van der Waals surface area contributed by atoms with Crippen LogP contribution in [-0.2, 0) is 12.8 Å². The summed E-state index contributed by atoms with van der Waals surface area (Å²) in [5.41, 5.74) is 9.38. The lowest BCUT2D eigenvalue weighted by Crippen LogP contribution is -2.10. The van der Waals surface area contributed by atoms with E-state index in [-0.39, 0.29) is 0 Å². The highest BCUT2D eigenvalue weighted by Gasteiger charge is 2.10. The molecule has 0 saturated heterocycles. The zero-order valence-electron chi connectivity index (χ0n) is 13.5. The lowest BCUT2D eigenvalue weighted by molar-refractivity contribution is 0.217. The van der Waals surface area contributed by atoms with Crippen molar-refractivity contribution in [2.75, 3.05) is 26.1 Å². The summed E-state index contributed by atoms with van der Waals surface area (Å²) in [6.07, 6.45) is 4.92. The molecule has 0 unspecified atom stereocenters. The molecule has 2 N–H and O–H groups in total. The van der Waals surface area contributed by atoms with Gasteiger partial charge in [-0.05, 0) is 61.1 Å². The van der Waals surface area contributed by atoms with Crippen LogP contribution in [0.15, 0.2) is 36.4 Å². The van der Waals surface area contributed by atoms with E-state index >= 15 is 0 Å². The molecule has 1 aliphatic carbocycles. The molecule has 4 heteroatoms. The highest BCUT2D eigenvalue weighted by Crippen LogP contribution is 2.27. The monoisotopic (exact) mass is 313 g/mol.